The van der Waals surface area contributed by atoms with Crippen molar-refractivity contribution in [2.24, 2.45) is 23.1 Å². The Morgan fingerprint density at radius 3 is 2.44 bits per heavy atom. The van der Waals surface area contributed by atoms with Gasteiger partial charge in [-0.05, 0) is 36.6 Å². The Morgan fingerprint density at radius 2 is 1.75 bits per heavy atom. The second kappa shape index (κ2) is 13.9. The fraction of sp³-hybridized carbons (Fsp3) is 0.538. The van der Waals surface area contributed by atoms with E-state index < -0.39 is 18.0 Å². The number of anilines is 1. The molecule has 0 radical (unpaired) electrons. The summed E-state index contributed by atoms with van der Waals surface area (Å²) in [6.07, 6.45) is 7.56. The molecule has 3 amide bonds. The maximum absolute atomic E-state index is 13.3. The number of amides is 3. The van der Waals surface area contributed by atoms with Crippen molar-refractivity contribution in [3.8, 4) is 0 Å². The summed E-state index contributed by atoms with van der Waals surface area (Å²) in [7, 11) is 0. The summed E-state index contributed by atoms with van der Waals surface area (Å²) in [6.45, 7) is 1.28. The van der Waals surface area contributed by atoms with Crippen LogP contribution in [0.2, 0.25) is 0 Å². The molecule has 2 atom stereocenters. The minimum Gasteiger partial charge on any atom is -0.343 e. The number of rotatable bonds is 12. The molecule has 1 aromatic heterocycles. The summed E-state index contributed by atoms with van der Waals surface area (Å²) in [5.41, 5.74) is 18.7. The normalized spacial score (nSPS) is 15.8. The Bertz CT molecular complexity index is 1020. The van der Waals surface area contributed by atoms with E-state index in [0.29, 0.717) is 44.2 Å². The van der Waals surface area contributed by atoms with Crippen LogP contribution in [0.15, 0.2) is 36.5 Å². The van der Waals surface area contributed by atoms with Crippen LogP contribution in [0.5, 0.6) is 0 Å². The molecular weight excluding hydrogens is 458 g/mol. The molecule has 10 heteroatoms. The highest BCUT2D eigenvalue weighted by molar-refractivity contribution is 5.99. The van der Waals surface area contributed by atoms with E-state index in [9.17, 15) is 14.4 Å². The summed E-state index contributed by atoms with van der Waals surface area (Å²) in [4.78, 5) is 44.7. The molecule has 3 rings (SSSR count). The summed E-state index contributed by atoms with van der Waals surface area (Å²) in [5.74, 6) is -0.768. The van der Waals surface area contributed by atoms with E-state index in [1.54, 1.807) is 12.3 Å². The third kappa shape index (κ3) is 7.97. The Morgan fingerprint density at radius 1 is 1.03 bits per heavy atom. The van der Waals surface area contributed by atoms with Gasteiger partial charge in [-0.2, -0.15) is 0 Å². The smallest absolute Gasteiger partial charge is 0.246 e. The van der Waals surface area contributed by atoms with Crippen molar-refractivity contribution >= 4 is 34.3 Å². The van der Waals surface area contributed by atoms with Gasteiger partial charge in [-0.15, -0.1) is 0 Å². The van der Waals surface area contributed by atoms with Crippen LogP contribution in [0.4, 0.5) is 5.69 Å². The van der Waals surface area contributed by atoms with Crippen molar-refractivity contribution in [2.75, 3.05) is 31.5 Å². The van der Waals surface area contributed by atoms with E-state index in [4.69, 9.17) is 17.2 Å². The number of carbonyl (C=O) groups excluding carboxylic acids is 3. The van der Waals surface area contributed by atoms with E-state index in [2.05, 4.69) is 15.6 Å². The Hall–Kier alpha value is -3.08. The molecule has 0 spiro atoms. The first-order valence-corrected chi connectivity index (χ1v) is 12.8. The average Bonchev–Trinajstić information content (AvgIpc) is 2.88. The van der Waals surface area contributed by atoms with Gasteiger partial charge in [0, 0.05) is 43.4 Å². The summed E-state index contributed by atoms with van der Waals surface area (Å²) < 4.78 is 0. The number of pyridine rings is 1. The molecule has 1 fully saturated rings. The summed E-state index contributed by atoms with van der Waals surface area (Å²) in [5, 5.41) is 6.66. The van der Waals surface area contributed by atoms with Gasteiger partial charge in [-0.1, -0.05) is 38.2 Å². The van der Waals surface area contributed by atoms with E-state index in [1.165, 1.54) is 11.3 Å². The monoisotopic (exact) mass is 497 g/mol. The van der Waals surface area contributed by atoms with E-state index in [-0.39, 0.29) is 18.2 Å². The van der Waals surface area contributed by atoms with Crippen LogP contribution in [0.1, 0.15) is 44.9 Å². The van der Waals surface area contributed by atoms with Crippen molar-refractivity contribution in [3.05, 3.63) is 36.5 Å². The van der Waals surface area contributed by atoms with Gasteiger partial charge in [0.05, 0.1) is 18.0 Å². The van der Waals surface area contributed by atoms with Crippen molar-refractivity contribution in [3.63, 3.8) is 0 Å². The highest BCUT2D eigenvalue weighted by atomic mass is 16.2. The Kier molecular flexibility index (Phi) is 10.6. The molecule has 1 aromatic carbocycles. The van der Waals surface area contributed by atoms with Crippen LogP contribution >= 0.6 is 0 Å². The van der Waals surface area contributed by atoms with Gasteiger partial charge in [-0.25, -0.2) is 0 Å². The van der Waals surface area contributed by atoms with Gasteiger partial charge in [-0.3, -0.25) is 19.4 Å². The van der Waals surface area contributed by atoms with Gasteiger partial charge in [0.15, 0.2) is 0 Å². The molecule has 0 aliphatic heterocycles. The standard InChI is InChI=1S/C26H39N7O3/c27-10-13-33(14-11-28)24(34)17-21(29)25(35)32-23(15-18-5-2-1-3-6-18)26(36)31-20-8-9-22-19(16-20)7-4-12-30-22/h4,7-9,12,16,18,21,23H,1-3,5-6,10-11,13-15,17,27-29H2,(H,31,36)(H,32,35). The zero-order valence-electron chi connectivity index (χ0n) is 20.8. The second-order valence-electron chi connectivity index (χ2n) is 9.47. The SMILES string of the molecule is NCCN(CCN)C(=O)CC(N)C(=O)NC(CC1CCCCC1)C(=O)Nc1ccc2ncccc2c1. The maximum atomic E-state index is 13.3. The molecule has 36 heavy (non-hydrogen) atoms. The molecule has 2 aromatic rings. The number of nitrogens with one attached hydrogen (secondary N) is 2. The molecular formula is C26H39N7O3. The van der Waals surface area contributed by atoms with Crippen LogP contribution in [-0.4, -0.2) is 65.9 Å². The van der Waals surface area contributed by atoms with Crippen LogP contribution in [0.25, 0.3) is 10.9 Å². The number of hydrogen-bond acceptors (Lipinski definition) is 7. The largest absolute Gasteiger partial charge is 0.343 e. The minimum absolute atomic E-state index is 0.179. The lowest BCUT2D eigenvalue weighted by Crippen LogP contribution is -2.52. The lowest BCUT2D eigenvalue weighted by molar-refractivity contribution is -0.134. The van der Waals surface area contributed by atoms with Gasteiger partial charge in [0.2, 0.25) is 17.7 Å². The van der Waals surface area contributed by atoms with Gasteiger partial charge < -0.3 is 32.7 Å². The zero-order valence-corrected chi connectivity index (χ0v) is 20.8. The highest BCUT2D eigenvalue weighted by Gasteiger charge is 2.29. The minimum atomic E-state index is -1.08. The third-order valence-electron chi connectivity index (χ3n) is 6.68. The summed E-state index contributed by atoms with van der Waals surface area (Å²) in [6, 6.07) is 7.42. The van der Waals surface area contributed by atoms with Crippen LogP contribution in [0.3, 0.4) is 0 Å². The van der Waals surface area contributed by atoms with Crippen molar-refractivity contribution in [1.29, 1.82) is 0 Å². The number of nitrogens with two attached hydrogens (primary N) is 3. The first-order valence-electron chi connectivity index (χ1n) is 12.8. The summed E-state index contributed by atoms with van der Waals surface area (Å²) >= 11 is 0. The van der Waals surface area contributed by atoms with E-state index in [0.717, 1.165) is 36.6 Å². The predicted molar refractivity (Wildman–Crippen MR) is 141 cm³/mol. The van der Waals surface area contributed by atoms with Crippen LogP contribution in [0, 0.1) is 5.92 Å². The highest BCUT2D eigenvalue weighted by Crippen LogP contribution is 2.28. The molecule has 1 saturated carbocycles. The molecule has 2 unspecified atom stereocenters. The van der Waals surface area contributed by atoms with Gasteiger partial charge in [0.1, 0.15) is 6.04 Å². The number of hydrogen-bond donors (Lipinski definition) is 5. The van der Waals surface area contributed by atoms with E-state index >= 15 is 0 Å². The zero-order chi connectivity index (χ0) is 25.9. The maximum Gasteiger partial charge on any atom is 0.246 e. The molecule has 10 nitrogen and oxygen atoms in total. The molecule has 0 bridgehead atoms. The number of fused-ring (bicyclic) bond motifs is 1. The number of nitrogens with zero attached hydrogens (tertiary/aromatic N) is 2. The number of benzene rings is 1. The van der Waals surface area contributed by atoms with Crippen molar-refractivity contribution < 1.29 is 14.4 Å². The first-order chi connectivity index (χ1) is 17.4. The quantitative estimate of drug-likeness (QED) is 0.292. The predicted octanol–water partition coefficient (Wildman–Crippen LogP) is 1.09. The lowest BCUT2D eigenvalue weighted by Gasteiger charge is -2.28. The van der Waals surface area contributed by atoms with Gasteiger partial charge >= 0.3 is 0 Å². The van der Waals surface area contributed by atoms with Gasteiger partial charge in [0.25, 0.3) is 0 Å². The molecule has 1 aliphatic rings. The van der Waals surface area contributed by atoms with Crippen LogP contribution < -0.4 is 27.8 Å². The molecule has 8 N–H and O–H groups in total. The third-order valence-corrected chi connectivity index (χ3v) is 6.68. The van der Waals surface area contributed by atoms with E-state index in [1.807, 2.05) is 24.3 Å². The Balaban J connectivity index is 1.67. The average molecular weight is 498 g/mol. The fourth-order valence-corrected chi connectivity index (χ4v) is 4.73. The molecule has 1 heterocycles. The number of carbonyl (C=O) groups is 3. The van der Waals surface area contributed by atoms with Crippen molar-refractivity contribution in [1.82, 2.24) is 15.2 Å². The molecule has 196 valence electrons. The topological polar surface area (TPSA) is 169 Å². The van der Waals surface area contributed by atoms with Crippen molar-refractivity contribution in [2.45, 2.75) is 57.0 Å². The lowest BCUT2D eigenvalue weighted by atomic mass is 9.84. The van der Waals surface area contributed by atoms with Crippen LogP contribution in [-0.2, 0) is 14.4 Å². The Labute approximate surface area is 212 Å². The number of aromatic nitrogens is 1. The molecule has 0 saturated heterocycles. The molecule has 1 aliphatic carbocycles. The second-order valence-corrected chi connectivity index (χ2v) is 9.47. The fourth-order valence-electron chi connectivity index (χ4n) is 4.73. The first kappa shape index (κ1) is 27.5.